The van der Waals surface area contributed by atoms with Crippen molar-refractivity contribution in [2.24, 2.45) is 5.92 Å². The normalized spacial score (nSPS) is 24.4. The van der Waals surface area contributed by atoms with Gasteiger partial charge in [-0.25, -0.2) is 0 Å². The van der Waals surface area contributed by atoms with Crippen LogP contribution in [0, 0.1) is 5.92 Å². The molecule has 0 unspecified atom stereocenters. The highest BCUT2D eigenvalue weighted by Gasteiger charge is 2.24. The maximum Gasteiger partial charge on any atom is 0.388 e. The first kappa shape index (κ1) is 13.1. The van der Waals surface area contributed by atoms with E-state index in [1.807, 2.05) is 0 Å². The number of hydrogen-bond donors (Lipinski definition) is 2. The van der Waals surface area contributed by atoms with Gasteiger partial charge in [0.05, 0.1) is 12.2 Å². The molecule has 0 atom stereocenters. The lowest BCUT2D eigenvalue weighted by Crippen LogP contribution is -2.20. The average molecular weight is 261 g/mol. The quantitative estimate of drug-likeness (QED) is 0.866. The van der Waals surface area contributed by atoms with Gasteiger partial charge in [-0.05, 0) is 31.6 Å². The van der Waals surface area contributed by atoms with Gasteiger partial charge in [0, 0.05) is 6.61 Å². The standard InChI is InChI=1S/C11H17F2N3O2/c12-11(13)18-10-9(14)5-16(15-10)8-3-1-7(6-17)2-4-8/h5,7-8,11,17H,1-4,6,14H2/t7-,8-. The second-order valence-corrected chi connectivity index (χ2v) is 4.61. The van der Waals surface area contributed by atoms with Gasteiger partial charge >= 0.3 is 6.61 Å². The molecule has 0 saturated heterocycles. The summed E-state index contributed by atoms with van der Waals surface area (Å²) in [5, 5.41) is 13.0. The summed E-state index contributed by atoms with van der Waals surface area (Å²) in [6.07, 6.45) is 5.07. The Hall–Kier alpha value is -1.37. The van der Waals surface area contributed by atoms with Gasteiger partial charge in [-0.15, -0.1) is 5.10 Å². The van der Waals surface area contributed by atoms with Crippen molar-refractivity contribution in [3.63, 3.8) is 0 Å². The summed E-state index contributed by atoms with van der Waals surface area (Å²) >= 11 is 0. The third-order valence-electron chi connectivity index (χ3n) is 3.37. The fourth-order valence-electron chi connectivity index (χ4n) is 2.34. The molecule has 1 aliphatic carbocycles. The molecule has 1 aliphatic rings. The molecule has 1 aromatic heterocycles. The third-order valence-corrected chi connectivity index (χ3v) is 3.37. The minimum absolute atomic E-state index is 0.125. The maximum absolute atomic E-state index is 12.1. The zero-order valence-electron chi connectivity index (χ0n) is 9.93. The minimum atomic E-state index is -2.92. The van der Waals surface area contributed by atoms with Crippen LogP contribution in [-0.2, 0) is 0 Å². The third kappa shape index (κ3) is 2.90. The van der Waals surface area contributed by atoms with E-state index in [1.54, 1.807) is 4.68 Å². The fraction of sp³-hybridized carbons (Fsp3) is 0.727. The summed E-state index contributed by atoms with van der Waals surface area (Å²) in [6.45, 7) is -2.71. The molecule has 0 radical (unpaired) electrons. The molecule has 3 N–H and O–H groups in total. The number of anilines is 1. The number of ether oxygens (including phenoxy) is 1. The molecule has 102 valence electrons. The first-order chi connectivity index (χ1) is 8.60. The second-order valence-electron chi connectivity index (χ2n) is 4.61. The van der Waals surface area contributed by atoms with Gasteiger partial charge in [-0.3, -0.25) is 4.68 Å². The first-order valence-corrected chi connectivity index (χ1v) is 6.00. The summed E-state index contributed by atoms with van der Waals surface area (Å²) in [6, 6.07) is 0.144. The number of nitrogens with zero attached hydrogens (tertiary/aromatic N) is 2. The number of aliphatic hydroxyl groups excluding tert-OH is 1. The average Bonchev–Trinajstić information content (AvgIpc) is 2.70. The molecule has 1 heterocycles. The van der Waals surface area contributed by atoms with Crippen LogP contribution in [-0.4, -0.2) is 28.1 Å². The van der Waals surface area contributed by atoms with Crippen LogP contribution in [0.4, 0.5) is 14.5 Å². The Bertz CT molecular complexity index is 390. The predicted molar refractivity (Wildman–Crippen MR) is 61.4 cm³/mol. The molecule has 0 aromatic carbocycles. The smallest absolute Gasteiger partial charge is 0.388 e. The van der Waals surface area contributed by atoms with Gasteiger partial charge in [0.2, 0.25) is 0 Å². The SMILES string of the molecule is Nc1cn([C@H]2CC[C@H](CO)CC2)nc1OC(F)F. The number of nitrogen functional groups attached to an aromatic ring is 1. The first-order valence-electron chi connectivity index (χ1n) is 6.00. The summed E-state index contributed by atoms with van der Waals surface area (Å²) in [5.41, 5.74) is 5.69. The molecule has 1 aromatic rings. The van der Waals surface area contributed by atoms with Crippen molar-refractivity contribution in [2.75, 3.05) is 12.3 Å². The Labute approximate surface area is 104 Å². The highest BCUT2D eigenvalue weighted by Crippen LogP contribution is 2.33. The van der Waals surface area contributed by atoms with E-state index in [4.69, 9.17) is 10.8 Å². The molecule has 0 amide bonds. The summed E-state index contributed by atoms with van der Waals surface area (Å²) < 4.78 is 30.0. The van der Waals surface area contributed by atoms with Crippen molar-refractivity contribution in [2.45, 2.75) is 38.3 Å². The van der Waals surface area contributed by atoms with Crippen molar-refractivity contribution in [3.05, 3.63) is 6.20 Å². The molecule has 0 spiro atoms. The van der Waals surface area contributed by atoms with E-state index in [9.17, 15) is 8.78 Å². The van der Waals surface area contributed by atoms with Crippen molar-refractivity contribution >= 4 is 5.69 Å². The lowest BCUT2D eigenvalue weighted by atomic mass is 9.87. The number of aromatic nitrogens is 2. The fourth-order valence-corrected chi connectivity index (χ4v) is 2.34. The second kappa shape index (κ2) is 5.51. The van der Waals surface area contributed by atoms with Crippen LogP contribution in [0.15, 0.2) is 6.20 Å². The highest BCUT2D eigenvalue weighted by molar-refractivity contribution is 5.46. The maximum atomic E-state index is 12.1. The Kier molecular flexibility index (Phi) is 4.00. The zero-order valence-corrected chi connectivity index (χ0v) is 9.93. The molecule has 0 aliphatic heterocycles. The van der Waals surface area contributed by atoms with Gasteiger partial charge < -0.3 is 15.6 Å². The van der Waals surface area contributed by atoms with Crippen LogP contribution < -0.4 is 10.5 Å². The molecule has 2 rings (SSSR count). The van der Waals surface area contributed by atoms with E-state index >= 15 is 0 Å². The summed E-state index contributed by atoms with van der Waals surface area (Å²) in [5.74, 6) is 0.125. The van der Waals surface area contributed by atoms with Crippen LogP contribution in [0.25, 0.3) is 0 Å². The van der Waals surface area contributed by atoms with E-state index in [-0.39, 0.29) is 24.2 Å². The van der Waals surface area contributed by atoms with E-state index < -0.39 is 6.61 Å². The monoisotopic (exact) mass is 261 g/mol. The van der Waals surface area contributed by atoms with Crippen LogP contribution in [0.3, 0.4) is 0 Å². The lowest BCUT2D eigenvalue weighted by Gasteiger charge is -2.27. The number of alkyl halides is 2. The number of nitrogens with two attached hydrogens (primary N) is 1. The van der Waals surface area contributed by atoms with E-state index in [2.05, 4.69) is 9.84 Å². The van der Waals surface area contributed by atoms with Gasteiger partial charge in [-0.1, -0.05) is 0 Å². The van der Waals surface area contributed by atoms with E-state index in [1.165, 1.54) is 6.20 Å². The van der Waals surface area contributed by atoms with E-state index in [0.29, 0.717) is 5.92 Å². The number of aliphatic hydroxyl groups is 1. The Morgan fingerprint density at radius 2 is 2.11 bits per heavy atom. The Morgan fingerprint density at radius 1 is 1.44 bits per heavy atom. The largest absolute Gasteiger partial charge is 0.413 e. The van der Waals surface area contributed by atoms with Gasteiger partial charge in [-0.2, -0.15) is 8.78 Å². The molecular formula is C11H17F2N3O2. The van der Waals surface area contributed by atoms with Crippen molar-refractivity contribution in [1.29, 1.82) is 0 Å². The van der Waals surface area contributed by atoms with Crippen molar-refractivity contribution < 1.29 is 18.6 Å². The molecule has 7 heteroatoms. The number of halogens is 2. The predicted octanol–water partition coefficient (Wildman–Crippen LogP) is 1.79. The highest BCUT2D eigenvalue weighted by atomic mass is 19.3. The minimum Gasteiger partial charge on any atom is -0.413 e. The number of hydrogen-bond acceptors (Lipinski definition) is 4. The van der Waals surface area contributed by atoms with Gasteiger partial charge in [0.25, 0.3) is 5.88 Å². The van der Waals surface area contributed by atoms with Crippen LogP contribution in [0.1, 0.15) is 31.7 Å². The van der Waals surface area contributed by atoms with Gasteiger partial charge in [0.1, 0.15) is 5.69 Å². The van der Waals surface area contributed by atoms with Crippen LogP contribution in [0.5, 0.6) is 5.88 Å². The molecule has 0 bridgehead atoms. The van der Waals surface area contributed by atoms with Crippen LogP contribution in [0.2, 0.25) is 0 Å². The summed E-state index contributed by atoms with van der Waals surface area (Å²) in [7, 11) is 0. The van der Waals surface area contributed by atoms with Gasteiger partial charge in [0.15, 0.2) is 0 Å². The molecule has 1 fully saturated rings. The lowest BCUT2D eigenvalue weighted by molar-refractivity contribution is -0.0529. The molecule has 1 saturated carbocycles. The number of rotatable bonds is 4. The van der Waals surface area contributed by atoms with Crippen LogP contribution >= 0.6 is 0 Å². The molecule has 5 nitrogen and oxygen atoms in total. The topological polar surface area (TPSA) is 73.3 Å². The Morgan fingerprint density at radius 3 is 2.67 bits per heavy atom. The summed E-state index contributed by atoms with van der Waals surface area (Å²) in [4.78, 5) is 0. The zero-order chi connectivity index (χ0) is 13.1. The molecular weight excluding hydrogens is 244 g/mol. The van der Waals surface area contributed by atoms with Crippen molar-refractivity contribution in [3.8, 4) is 5.88 Å². The molecule has 18 heavy (non-hydrogen) atoms. The van der Waals surface area contributed by atoms with Crippen molar-refractivity contribution in [1.82, 2.24) is 9.78 Å². The van der Waals surface area contributed by atoms with E-state index in [0.717, 1.165) is 25.7 Å². The Balaban J connectivity index is 2.01.